The fraction of sp³-hybridized carbons (Fsp3) is 0.500. The normalized spacial score (nSPS) is 10.8. The highest BCUT2D eigenvalue weighted by Gasteiger charge is 2.15. The highest BCUT2D eigenvalue weighted by atomic mass is 19.1. The molecule has 2 N–H and O–H groups in total. The number of nitrogens with one attached hydrogen (secondary N) is 2. The van der Waals surface area contributed by atoms with Crippen LogP contribution in [-0.2, 0) is 14.3 Å². The van der Waals surface area contributed by atoms with Crippen LogP contribution in [0.3, 0.4) is 0 Å². The molecule has 0 aliphatic heterocycles. The lowest BCUT2D eigenvalue weighted by atomic mass is 10.2. The van der Waals surface area contributed by atoms with Crippen LogP contribution in [0.5, 0.6) is 0 Å². The molecule has 0 saturated carbocycles. The zero-order valence-electron chi connectivity index (χ0n) is 15.5. The molecule has 0 fully saturated rings. The lowest BCUT2D eigenvalue weighted by Gasteiger charge is -2.19. The molecule has 144 valence electrons. The summed E-state index contributed by atoms with van der Waals surface area (Å²) in [7, 11) is 1.19. The number of anilines is 1. The molecule has 0 bridgehead atoms. The van der Waals surface area contributed by atoms with Crippen molar-refractivity contribution in [1.82, 2.24) is 5.32 Å². The molecule has 0 unspecified atom stereocenters. The summed E-state index contributed by atoms with van der Waals surface area (Å²) in [5.41, 5.74) is -0.357. The van der Waals surface area contributed by atoms with Crippen LogP contribution in [0.4, 0.5) is 14.9 Å². The zero-order valence-corrected chi connectivity index (χ0v) is 15.5. The van der Waals surface area contributed by atoms with Crippen molar-refractivity contribution >= 4 is 23.7 Å². The number of esters is 1. The van der Waals surface area contributed by atoms with E-state index in [2.05, 4.69) is 15.4 Å². The summed E-state index contributed by atoms with van der Waals surface area (Å²) in [6, 6.07) is 3.50. The van der Waals surface area contributed by atoms with Gasteiger partial charge in [-0.1, -0.05) is 0 Å². The number of hydrogen-bond acceptors (Lipinski definition) is 5. The topological polar surface area (TPSA) is 93.7 Å². The molecule has 0 heterocycles. The largest absolute Gasteiger partial charge is 0.465 e. The first-order chi connectivity index (χ1) is 12.1. The Bertz CT molecular complexity index is 655. The number of rotatable bonds is 7. The Morgan fingerprint density at radius 3 is 2.42 bits per heavy atom. The molecule has 1 rings (SSSR count). The van der Waals surface area contributed by atoms with Crippen molar-refractivity contribution in [3.63, 3.8) is 0 Å². The van der Waals surface area contributed by atoms with Crippen molar-refractivity contribution in [3.8, 4) is 0 Å². The molecule has 7 nitrogen and oxygen atoms in total. The summed E-state index contributed by atoms with van der Waals surface area (Å²) in [6.07, 6.45) is 0.807. The molecule has 0 spiro atoms. The van der Waals surface area contributed by atoms with Gasteiger partial charge in [0.25, 0.3) is 0 Å². The lowest BCUT2D eigenvalue weighted by Crippen LogP contribution is -2.33. The van der Waals surface area contributed by atoms with E-state index in [-0.39, 0.29) is 23.6 Å². The van der Waals surface area contributed by atoms with Gasteiger partial charge in [-0.05, 0) is 51.8 Å². The van der Waals surface area contributed by atoms with Crippen LogP contribution in [0, 0.1) is 5.82 Å². The van der Waals surface area contributed by atoms with Gasteiger partial charge in [-0.2, -0.15) is 0 Å². The maximum atomic E-state index is 13.5. The van der Waals surface area contributed by atoms with Crippen molar-refractivity contribution in [3.05, 3.63) is 29.6 Å². The number of halogens is 1. The second-order valence-electron chi connectivity index (χ2n) is 6.65. The van der Waals surface area contributed by atoms with Gasteiger partial charge in [-0.25, -0.2) is 14.0 Å². The van der Waals surface area contributed by atoms with E-state index in [4.69, 9.17) is 4.74 Å². The van der Waals surface area contributed by atoms with Gasteiger partial charge < -0.3 is 20.1 Å². The Kier molecular flexibility index (Phi) is 8.02. The predicted octanol–water partition coefficient (Wildman–Crippen LogP) is 3.25. The number of amides is 2. The zero-order chi connectivity index (χ0) is 19.7. The van der Waals surface area contributed by atoms with Crippen LogP contribution in [0.15, 0.2) is 18.2 Å². The van der Waals surface area contributed by atoms with Gasteiger partial charge in [-0.15, -0.1) is 0 Å². The molecule has 26 heavy (non-hydrogen) atoms. The van der Waals surface area contributed by atoms with Gasteiger partial charge in [0.15, 0.2) is 0 Å². The number of unbranched alkanes of at least 4 members (excludes halogenated alkanes) is 1. The van der Waals surface area contributed by atoms with Gasteiger partial charge in [0, 0.05) is 18.7 Å². The summed E-state index contributed by atoms with van der Waals surface area (Å²) in [4.78, 5) is 34.8. The molecule has 1 aromatic rings. The highest BCUT2D eigenvalue weighted by molar-refractivity contribution is 5.94. The number of benzene rings is 1. The van der Waals surface area contributed by atoms with Crippen LogP contribution in [-0.4, -0.2) is 37.2 Å². The average molecular weight is 368 g/mol. The van der Waals surface area contributed by atoms with Gasteiger partial charge in [-0.3, -0.25) is 4.79 Å². The van der Waals surface area contributed by atoms with Crippen molar-refractivity contribution < 1.29 is 28.2 Å². The lowest BCUT2D eigenvalue weighted by molar-refractivity contribution is -0.116. The Morgan fingerprint density at radius 2 is 1.81 bits per heavy atom. The first-order valence-corrected chi connectivity index (χ1v) is 8.26. The molecule has 0 radical (unpaired) electrons. The van der Waals surface area contributed by atoms with E-state index in [1.165, 1.54) is 13.2 Å². The van der Waals surface area contributed by atoms with Crippen molar-refractivity contribution in [2.45, 2.75) is 45.6 Å². The van der Waals surface area contributed by atoms with E-state index >= 15 is 0 Å². The van der Waals surface area contributed by atoms with E-state index < -0.39 is 23.5 Å². The van der Waals surface area contributed by atoms with Crippen molar-refractivity contribution in [2.24, 2.45) is 0 Å². The van der Waals surface area contributed by atoms with Gasteiger partial charge in [0.2, 0.25) is 5.91 Å². The van der Waals surface area contributed by atoms with Crippen LogP contribution in [0.1, 0.15) is 50.4 Å². The van der Waals surface area contributed by atoms with E-state index in [9.17, 15) is 18.8 Å². The molecular formula is C18H25FN2O5. The molecule has 0 aromatic heterocycles. The van der Waals surface area contributed by atoms with Gasteiger partial charge >= 0.3 is 12.1 Å². The minimum absolute atomic E-state index is 0.0179. The summed E-state index contributed by atoms with van der Waals surface area (Å²) >= 11 is 0. The summed E-state index contributed by atoms with van der Waals surface area (Å²) in [5.74, 6) is -1.65. The Hall–Kier alpha value is -2.64. The average Bonchev–Trinajstić information content (AvgIpc) is 2.51. The molecule has 0 aliphatic rings. The first-order valence-electron chi connectivity index (χ1n) is 8.26. The molecular weight excluding hydrogens is 343 g/mol. The second kappa shape index (κ2) is 9.74. The van der Waals surface area contributed by atoms with Gasteiger partial charge in [0.05, 0.1) is 12.7 Å². The number of carbonyl (C=O) groups is 3. The van der Waals surface area contributed by atoms with Crippen LogP contribution in [0.25, 0.3) is 0 Å². The van der Waals surface area contributed by atoms with Crippen molar-refractivity contribution in [1.29, 1.82) is 0 Å². The van der Waals surface area contributed by atoms with Crippen LogP contribution >= 0.6 is 0 Å². The molecule has 2 amide bonds. The molecule has 1 aromatic carbocycles. The van der Waals surface area contributed by atoms with E-state index in [0.717, 1.165) is 12.1 Å². The van der Waals surface area contributed by atoms with Gasteiger partial charge in [0.1, 0.15) is 11.4 Å². The Morgan fingerprint density at radius 1 is 1.12 bits per heavy atom. The maximum Gasteiger partial charge on any atom is 0.407 e. The minimum atomic E-state index is -0.687. The fourth-order valence-corrected chi connectivity index (χ4v) is 2.04. The van der Waals surface area contributed by atoms with E-state index in [1.54, 1.807) is 20.8 Å². The Balaban J connectivity index is 2.36. The van der Waals surface area contributed by atoms with E-state index in [1.807, 2.05) is 0 Å². The summed E-state index contributed by atoms with van der Waals surface area (Å²) < 4.78 is 23.1. The summed E-state index contributed by atoms with van der Waals surface area (Å²) in [6.45, 7) is 5.70. The first kappa shape index (κ1) is 21.4. The molecule has 0 saturated heterocycles. The quantitative estimate of drug-likeness (QED) is 0.569. The standard InChI is InChI=1S/C18H25FN2O5/c1-18(2,3)26-17(24)20-8-6-5-7-15(22)21-14-10-12(16(23)25-4)9-13(19)11-14/h9-11H,5-8H2,1-4H3,(H,20,24)(H,21,22). The predicted molar refractivity (Wildman–Crippen MR) is 94.5 cm³/mol. The Labute approximate surface area is 152 Å². The van der Waals surface area contributed by atoms with Crippen LogP contribution < -0.4 is 10.6 Å². The van der Waals surface area contributed by atoms with Crippen LogP contribution in [0.2, 0.25) is 0 Å². The molecule has 0 atom stereocenters. The number of hydrogen-bond donors (Lipinski definition) is 2. The third-order valence-electron chi connectivity index (χ3n) is 3.10. The second-order valence-corrected chi connectivity index (χ2v) is 6.65. The fourth-order valence-electron chi connectivity index (χ4n) is 2.04. The number of carbonyl (C=O) groups excluding carboxylic acids is 3. The monoisotopic (exact) mass is 368 g/mol. The minimum Gasteiger partial charge on any atom is -0.465 e. The highest BCUT2D eigenvalue weighted by Crippen LogP contribution is 2.15. The maximum absolute atomic E-state index is 13.5. The molecule has 8 heteroatoms. The molecule has 0 aliphatic carbocycles. The third-order valence-corrected chi connectivity index (χ3v) is 3.10. The SMILES string of the molecule is COC(=O)c1cc(F)cc(NC(=O)CCCCNC(=O)OC(C)(C)C)c1. The van der Waals surface area contributed by atoms with E-state index in [0.29, 0.717) is 19.4 Å². The smallest absolute Gasteiger partial charge is 0.407 e. The summed E-state index contributed by atoms with van der Waals surface area (Å²) in [5, 5.41) is 5.14. The number of alkyl carbamates (subject to hydrolysis) is 1. The number of methoxy groups -OCH3 is 1. The number of ether oxygens (including phenoxy) is 2. The van der Waals surface area contributed by atoms with Crippen molar-refractivity contribution in [2.75, 3.05) is 19.0 Å². The third kappa shape index (κ3) is 8.46.